The first kappa shape index (κ1) is 17.3. The quantitative estimate of drug-likeness (QED) is 0.894. The van der Waals surface area contributed by atoms with Gasteiger partial charge in [-0.25, -0.2) is 4.79 Å². The van der Waals surface area contributed by atoms with Gasteiger partial charge in [0.25, 0.3) is 0 Å². The van der Waals surface area contributed by atoms with Crippen molar-refractivity contribution in [1.82, 2.24) is 9.80 Å². The monoisotopic (exact) mass is 319 g/mol. The van der Waals surface area contributed by atoms with Gasteiger partial charge in [-0.15, -0.1) is 0 Å². The number of nitrogens with two attached hydrogens (primary N) is 1. The van der Waals surface area contributed by atoms with E-state index in [1.165, 1.54) is 4.90 Å². The summed E-state index contributed by atoms with van der Waals surface area (Å²) < 4.78 is 5.31. The van der Waals surface area contributed by atoms with Crippen LogP contribution in [0.15, 0.2) is 30.3 Å². The maximum Gasteiger partial charge on any atom is 0.409 e. The first-order chi connectivity index (χ1) is 11.1. The van der Waals surface area contributed by atoms with Crippen LogP contribution in [0.2, 0.25) is 0 Å². The molecule has 0 bridgehead atoms. The van der Waals surface area contributed by atoms with Gasteiger partial charge in [0.05, 0.1) is 6.54 Å². The maximum atomic E-state index is 12.1. The second kappa shape index (κ2) is 8.53. The molecule has 2 rings (SSSR count). The molecule has 2 N–H and O–H groups in total. The molecule has 0 saturated carbocycles. The van der Waals surface area contributed by atoms with Crippen molar-refractivity contribution < 1.29 is 14.3 Å². The Balaban J connectivity index is 1.85. The van der Waals surface area contributed by atoms with E-state index in [1.807, 2.05) is 30.3 Å². The molecule has 1 aromatic rings. The summed E-state index contributed by atoms with van der Waals surface area (Å²) in [6.45, 7) is 1.45. The molecule has 1 fully saturated rings. The van der Waals surface area contributed by atoms with Gasteiger partial charge in [0.15, 0.2) is 0 Å². The Morgan fingerprint density at radius 1 is 1.30 bits per heavy atom. The van der Waals surface area contributed by atoms with E-state index in [9.17, 15) is 9.59 Å². The highest BCUT2D eigenvalue weighted by atomic mass is 16.6. The number of likely N-dealkylation sites (tertiary alicyclic amines) is 1. The topological polar surface area (TPSA) is 75.9 Å². The van der Waals surface area contributed by atoms with Gasteiger partial charge < -0.3 is 20.3 Å². The second-order valence-electron chi connectivity index (χ2n) is 5.86. The van der Waals surface area contributed by atoms with Crippen LogP contribution in [-0.4, -0.2) is 54.5 Å². The summed E-state index contributed by atoms with van der Waals surface area (Å²) in [4.78, 5) is 27.4. The summed E-state index contributed by atoms with van der Waals surface area (Å²) in [7, 11) is 1.70. The van der Waals surface area contributed by atoms with Crippen molar-refractivity contribution in [3.63, 3.8) is 0 Å². The van der Waals surface area contributed by atoms with Gasteiger partial charge in [-0.05, 0) is 24.8 Å². The lowest BCUT2D eigenvalue weighted by molar-refractivity contribution is -0.133. The molecule has 1 aromatic carbocycles. The van der Waals surface area contributed by atoms with Crippen LogP contribution < -0.4 is 5.73 Å². The number of carbonyl (C=O) groups excluding carboxylic acids is 2. The Morgan fingerprint density at radius 2 is 2.04 bits per heavy atom. The number of ether oxygens (including phenoxy) is 1. The van der Waals surface area contributed by atoms with E-state index in [0.717, 1.165) is 24.8 Å². The third-order valence-electron chi connectivity index (χ3n) is 4.12. The fraction of sp³-hybridized carbons (Fsp3) is 0.529. The lowest BCUT2D eigenvalue weighted by atomic mass is 10.0. The molecule has 1 atom stereocenters. The molecule has 1 aliphatic rings. The minimum Gasteiger partial charge on any atom is -0.445 e. The second-order valence-corrected chi connectivity index (χ2v) is 5.86. The Kier molecular flexibility index (Phi) is 6.40. The van der Waals surface area contributed by atoms with Crippen LogP contribution in [0, 0.1) is 0 Å². The van der Waals surface area contributed by atoms with E-state index in [2.05, 4.69) is 0 Å². The van der Waals surface area contributed by atoms with Crippen molar-refractivity contribution in [3.8, 4) is 0 Å². The van der Waals surface area contributed by atoms with E-state index in [0.29, 0.717) is 13.1 Å². The molecule has 2 amide bonds. The zero-order valence-electron chi connectivity index (χ0n) is 13.6. The standard InChI is InChI=1S/C17H25N3O3/c1-19(17(22)23-13-14-7-3-2-4-8-14)12-15-9-5-6-10-20(15)16(21)11-18/h2-4,7-8,15H,5-6,9-13,18H2,1H3/t15-/m1/s1. The summed E-state index contributed by atoms with van der Waals surface area (Å²) in [6, 6.07) is 9.58. The molecule has 1 heterocycles. The maximum absolute atomic E-state index is 12.1. The van der Waals surface area contributed by atoms with Gasteiger partial charge in [0.2, 0.25) is 5.91 Å². The number of hydrogen-bond donors (Lipinski definition) is 1. The van der Waals surface area contributed by atoms with E-state index < -0.39 is 0 Å². The highest BCUT2D eigenvalue weighted by Crippen LogP contribution is 2.18. The predicted octanol–water partition coefficient (Wildman–Crippen LogP) is 1.59. The molecule has 1 saturated heterocycles. The molecule has 6 heteroatoms. The molecule has 6 nitrogen and oxygen atoms in total. The van der Waals surface area contributed by atoms with Crippen LogP contribution in [0.5, 0.6) is 0 Å². The number of hydrogen-bond acceptors (Lipinski definition) is 4. The van der Waals surface area contributed by atoms with Crippen LogP contribution in [0.3, 0.4) is 0 Å². The van der Waals surface area contributed by atoms with E-state index in [1.54, 1.807) is 11.9 Å². The van der Waals surface area contributed by atoms with Crippen molar-refractivity contribution in [1.29, 1.82) is 0 Å². The van der Waals surface area contributed by atoms with Gasteiger partial charge in [0.1, 0.15) is 6.61 Å². The van der Waals surface area contributed by atoms with E-state index in [-0.39, 0.29) is 31.2 Å². The number of carbonyl (C=O) groups is 2. The average molecular weight is 319 g/mol. The van der Waals surface area contributed by atoms with Crippen molar-refractivity contribution in [2.45, 2.75) is 31.9 Å². The Labute approximate surface area is 137 Å². The third kappa shape index (κ3) is 4.96. The Bertz CT molecular complexity index is 521. The highest BCUT2D eigenvalue weighted by Gasteiger charge is 2.28. The van der Waals surface area contributed by atoms with E-state index >= 15 is 0 Å². The summed E-state index contributed by atoms with van der Waals surface area (Å²) >= 11 is 0. The zero-order valence-corrected chi connectivity index (χ0v) is 13.6. The van der Waals surface area contributed by atoms with Crippen molar-refractivity contribution in [2.75, 3.05) is 26.7 Å². The van der Waals surface area contributed by atoms with E-state index in [4.69, 9.17) is 10.5 Å². The van der Waals surface area contributed by atoms with Crippen LogP contribution in [0.1, 0.15) is 24.8 Å². The first-order valence-corrected chi connectivity index (χ1v) is 8.03. The van der Waals surface area contributed by atoms with Gasteiger partial charge >= 0.3 is 6.09 Å². The molecule has 1 aliphatic heterocycles. The summed E-state index contributed by atoms with van der Waals surface area (Å²) in [5, 5.41) is 0. The zero-order chi connectivity index (χ0) is 16.7. The number of nitrogens with zero attached hydrogens (tertiary/aromatic N) is 2. The molecule has 126 valence electrons. The minimum atomic E-state index is -0.375. The number of piperidine rings is 1. The molecule has 23 heavy (non-hydrogen) atoms. The smallest absolute Gasteiger partial charge is 0.409 e. The van der Waals surface area contributed by atoms with Crippen LogP contribution >= 0.6 is 0 Å². The fourth-order valence-corrected chi connectivity index (χ4v) is 2.86. The van der Waals surface area contributed by atoms with Gasteiger partial charge in [0, 0.05) is 26.2 Å². The number of likely N-dealkylation sites (N-methyl/N-ethyl adjacent to an activating group) is 1. The lowest BCUT2D eigenvalue weighted by Gasteiger charge is -2.37. The number of rotatable bonds is 5. The molecule has 0 aromatic heterocycles. The summed E-state index contributed by atoms with van der Waals surface area (Å²) in [6.07, 6.45) is 2.57. The predicted molar refractivity (Wildman–Crippen MR) is 87.7 cm³/mol. The normalized spacial score (nSPS) is 17.7. The lowest BCUT2D eigenvalue weighted by Crippen LogP contribution is -2.51. The van der Waals surface area contributed by atoms with Crippen molar-refractivity contribution >= 4 is 12.0 Å². The van der Waals surface area contributed by atoms with Crippen LogP contribution in [-0.2, 0) is 16.1 Å². The van der Waals surface area contributed by atoms with Crippen LogP contribution in [0.25, 0.3) is 0 Å². The third-order valence-corrected chi connectivity index (χ3v) is 4.12. The summed E-state index contributed by atoms with van der Waals surface area (Å²) in [5.41, 5.74) is 6.42. The molecule has 0 aliphatic carbocycles. The van der Waals surface area contributed by atoms with Gasteiger partial charge in [-0.3, -0.25) is 4.79 Å². The minimum absolute atomic E-state index is 0.0126. The first-order valence-electron chi connectivity index (χ1n) is 8.03. The fourth-order valence-electron chi connectivity index (χ4n) is 2.86. The van der Waals surface area contributed by atoms with Crippen molar-refractivity contribution in [3.05, 3.63) is 35.9 Å². The highest BCUT2D eigenvalue weighted by molar-refractivity contribution is 5.78. The van der Waals surface area contributed by atoms with Crippen LogP contribution in [0.4, 0.5) is 4.79 Å². The molecule has 0 spiro atoms. The summed E-state index contributed by atoms with van der Waals surface area (Å²) in [5.74, 6) is -0.0549. The largest absolute Gasteiger partial charge is 0.445 e. The molecular formula is C17H25N3O3. The Hall–Kier alpha value is -2.08. The molecule has 0 radical (unpaired) electrons. The average Bonchev–Trinajstić information content (AvgIpc) is 2.60. The molecule has 0 unspecified atom stereocenters. The van der Waals surface area contributed by atoms with Crippen molar-refractivity contribution in [2.24, 2.45) is 5.73 Å². The SMILES string of the molecule is CN(C[C@H]1CCCCN1C(=O)CN)C(=O)OCc1ccccc1. The van der Waals surface area contributed by atoms with Gasteiger partial charge in [-0.1, -0.05) is 30.3 Å². The Morgan fingerprint density at radius 3 is 2.74 bits per heavy atom. The number of benzene rings is 1. The number of amides is 2. The molecular weight excluding hydrogens is 294 g/mol. The van der Waals surface area contributed by atoms with Gasteiger partial charge in [-0.2, -0.15) is 0 Å².